The fraction of sp³-hybridized carbons (Fsp3) is 0.455. The Morgan fingerprint density at radius 2 is 2.00 bits per heavy atom. The van der Waals surface area contributed by atoms with Gasteiger partial charge in [-0.25, -0.2) is 9.78 Å². The SMILES string of the molecule is CC1(C)CC(c2ccc([N+](=O)[O-])cc2)OO1. The molecule has 1 aliphatic rings. The van der Waals surface area contributed by atoms with Crippen LogP contribution in [0.25, 0.3) is 0 Å². The smallest absolute Gasteiger partial charge is 0.258 e. The Morgan fingerprint density at radius 3 is 2.44 bits per heavy atom. The van der Waals surface area contributed by atoms with Crippen LogP contribution >= 0.6 is 0 Å². The molecule has 1 saturated heterocycles. The molecule has 1 fully saturated rings. The quantitative estimate of drug-likeness (QED) is 0.439. The summed E-state index contributed by atoms with van der Waals surface area (Å²) >= 11 is 0. The molecule has 1 heterocycles. The Morgan fingerprint density at radius 1 is 1.38 bits per heavy atom. The molecule has 5 heteroatoms. The van der Waals surface area contributed by atoms with Crippen molar-refractivity contribution in [2.24, 2.45) is 0 Å². The molecule has 0 amide bonds. The lowest BCUT2D eigenvalue weighted by atomic mass is 9.97. The van der Waals surface area contributed by atoms with Crippen LogP contribution in [0.15, 0.2) is 24.3 Å². The lowest BCUT2D eigenvalue weighted by Gasteiger charge is -2.11. The van der Waals surface area contributed by atoms with Gasteiger partial charge in [0.05, 0.1) is 4.92 Å². The second-order valence-electron chi connectivity index (χ2n) is 4.48. The number of hydrogen-bond donors (Lipinski definition) is 0. The van der Waals surface area contributed by atoms with E-state index in [1.807, 2.05) is 13.8 Å². The summed E-state index contributed by atoms with van der Waals surface area (Å²) in [4.78, 5) is 20.4. The Bertz CT molecular complexity index is 399. The first-order chi connectivity index (χ1) is 7.48. The van der Waals surface area contributed by atoms with E-state index in [1.54, 1.807) is 12.1 Å². The minimum absolute atomic E-state index is 0.0851. The van der Waals surface area contributed by atoms with Crippen LogP contribution in [0.4, 0.5) is 5.69 Å². The molecule has 16 heavy (non-hydrogen) atoms. The van der Waals surface area contributed by atoms with Crippen LogP contribution < -0.4 is 0 Å². The van der Waals surface area contributed by atoms with Gasteiger partial charge in [0.2, 0.25) is 0 Å². The molecule has 0 aromatic heterocycles. The first kappa shape index (κ1) is 11.0. The second kappa shape index (κ2) is 3.84. The monoisotopic (exact) mass is 223 g/mol. The van der Waals surface area contributed by atoms with Crippen molar-refractivity contribution in [2.75, 3.05) is 0 Å². The standard InChI is InChI=1S/C11H13NO4/c1-11(2)7-10(15-16-11)8-3-5-9(6-4-8)12(13)14/h3-6,10H,7H2,1-2H3. The highest BCUT2D eigenvalue weighted by Gasteiger charge is 2.35. The van der Waals surface area contributed by atoms with E-state index in [1.165, 1.54) is 12.1 Å². The van der Waals surface area contributed by atoms with E-state index < -0.39 is 4.92 Å². The second-order valence-corrected chi connectivity index (χ2v) is 4.48. The normalized spacial score (nSPS) is 23.2. The van der Waals surface area contributed by atoms with Gasteiger partial charge in [-0.3, -0.25) is 10.1 Å². The highest BCUT2D eigenvalue weighted by Crippen LogP contribution is 2.37. The number of nitro groups is 1. The summed E-state index contributed by atoms with van der Waals surface area (Å²) in [5.74, 6) is 0. The fourth-order valence-corrected chi connectivity index (χ4v) is 1.69. The molecule has 0 bridgehead atoms. The van der Waals surface area contributed by atoms with Crippen LogP contribution in [0.5, 0.6) is 0 Å². The van der Waals surface area contributed by atoms with Crippen LogP contribution in [0.1, 0.15) is 31.9 Å². The van der Waals surface area contributed by atoms with Gasteiger partial charge in [-0.15, -0.1) is 0 Å². The summed E-state index contributed by atoms with van der Waals surface area (Å²) in [5.41, 5.74) is 0.685. The zero-order chi connectivity index (χ0) is 11.8. The van der Waals surface area contributed by atoms with Crippen molar-refractivity contribution in [3.8, 4) is 0 Å². The maximum atomic E-state index is 10.5. The zero-order valence-electron chi connectivity index (χ0n) is 9.17. The Hall–Kier alpha value is -1.46. The van der Waals surface area contributed by atoms with Gasteiger partial charge in [-0.05, 0) is 31.5 Å². The Balaban J connectivity index is 2.14. The average molecular weight is 223 g/mol. The maximum Gasteiger partial charge on any atom is 0.269 e. The molecule has 0 aliphatic carbocycles. The number of nitrogens with zero attached hydrogens (tertiary/aromatic N) is 1. The molecular weight excluding hydrogens is 210 g/mol. The molecule has 2 rings (SSSR count). The van der Waals surface area contributed by atoms with Gasteiger partial charge in [0.1, 0.15) is 11.7 Å². The van der Waals surface area contributed by atoms with Crippen molar-refractivity contribution >= 4 is 5.69 Å². The third-order valence-electron chi connectivity index (χ3n) is 2.54. The molecule has 1 atom stereocenters. The van der Waals surface area contributed by atoms with Gasteiger partial charge < -0.3 is 0 Å². The van der Waals surface area contributed by atoms with Gasteiger partial charge in [0, 0.05) is 18.6 Å². The summed E-state index contributed by atoms with van der Waals surface area (Å²) in [7, 11) is 0. The molecule has 0 saturated carbocycles. The summed E-state index contributed by atoms with van der Waals surface area (Å²) in [6.07, 6.45) is 0.598. The van der Waals surface area contributed by atoms with Gasteiger partial charge in [0.25, 0.3) is 5.69 Å². The van der Waals surface area contributed by atoms with Crippen molar-refractivity contribution in [1.29, 1.82) is 0 Å². The minimum atomic E-state index is -0.417. The van der Waals surface area contributed by atoms with E-state index in [0.717, 1.165) is 12.0 Å². The third kappa shape index (κ3) is 2.20. The topological polar surface area (TPSA) is 61.6 Å². The first-order valence-corrected chi connectivity index (χ1v) is 5.07. The molecule has 0 spiro atoms. The largest absolute Gasteiger partial charge is 0.269 e. The van der Waals surface area contributed by atoms with Crippen LogP contribution in [0.3, 0.4) is 0 Å². The molecule has 86 valence electrons. The van der Waals surface area contributed by atoms with E-state index in [0.29, 0.717) is 0 Å². The lowest BCUT2D eigenvalue weighted by molar-refractivity contribution is -0.384. The number of non-ortho nitro benzene ring substituents is 1. The van der Waals surface area contributed by atoms with Crippen LogP contribution in [-0.4, -0.2) is 10.5 Å². The zero-order valence-corrected chi connectivity index (χ0v) is 9.17. The van der Waals surface area contributed by atoms with E-state index in [4.69, 9.17) is 9.78 Å². The van der Waals surface area contributed by atoms with Gasteiger partial charge in [-0.1, -0.05) is 0 Å². The fourth-order valence-electron chi connectivity index (χ4n) is 1.69. The number of hydrogen-bond acceptors (Lipinski definition) is 4. The lowest BCUT2D eigenvalue weighted by Crippen LogP contribution is -2.16. The molecule has 1 aromatic rings. The van der Waals surface area contributed by atoms with Crippen molar-refractivity contribution in [3.63, 3.8) is 0 Å². The number of rotatable bonds is 2. The van der Waals surface area contributed by atoms with Crippen LogP contribution in [0.2, 0.25) is 0 Å². The van der Waals surface area contributed by atoms with E-state index in [9.17, 15) is 10.1 Å². The van der Waals surface area contributed by atoms with E-state index in [2.05, 4.69) is 0 Å². The highest BCUT2D eigenvalue weighted by atomic mass is 17.2. The molecule has 1 aliphatic heterocycles. The summed E-state index contributed by atoms with van der Waals surface area (Å²) in [6.45, 7) is 3.89. The molecule has 0 N–H and O–H groups in total. The van der Waals surface area contributed by atoms with Crippen molar-refractivity contribution < 1.29 is 14.7 Å². The average Bonchev–Trinajstić information content (AvgIpc) is 2.59. The predicted octanol–water partition coefficient (Wildman–Crippen LogP) is 2.77. The Labute approximate surface area is 93.1 Å². The summed E-state index contributed by atoms with van der Waals surface area (Å²) in [6, 6.07) is 6.36. The van der Waals surface area contributed by atoms with Gasteiger partial charge in [-0.2, -0.15) is 0 Å². The number of nitro benzene ring substituents is 1. The maximum absolute atomic E-state index is 10.5. The summed E-state index contributed by atoms with van der Waals surface area (Å²) < 4.78 is 0. The van der Waals surface area contributed by atoms with Gasteiger partial charge in [0.15, 0.2) is 0 Å². The van der Waals surface area contributed by atoms with E-state index >= 15 is 0 Å². The first-order valence-electron chi connectivity index (χ1n) is 5.07. The van der Waals surface area contributed by atoms with Crippen molar-refractivity contribution in [1.82, 2.24) is 0 Å². The molecule has 1 unspecified atom stereocenters. The third-order valence-corrected chi connectivity index (χ3v) is 2.54. The predicted molar refractivity (Wildman–Crippen MR) is 56.7 cm³/mol. The van der Waals surface area contributed by atoms with Crippen molar-refractivity contribution in [3.05, 3.63) is 39.9 Å². The molecular formula is C11H13NO4. The van der Waals surface area contributed by atoms with E-state index in [-0.39, 0.29) is 17.4 Å². The molecule has 1 aromatic carbocycles. The minimum Gasteiger partial charge on any atom is -0.258 e. The molecule has 5 nitrogen and oxygen atoms in total. The molecule has 0 radical (unpaired) electrons. The number of benzene rings is 1. The summed E-state index contributed by atoms with van der Waals surface area (Å²) in [5, 5.41) is 10.5. The van der Waals surface area contributed by atoms with Gasteiger partial charge >= 0.3 is 0 Å². The van der Waals surface area contributed by atoms with Crippen LogP contribution in [-0.2, 0) is 9.78 Å². The van der Waals surface area contributed by atoms with Crippen LogP contribution in [0, 0.1) is 10.1 Å². The van der Waals surface area contributed by atoms with Crippen molar-refractivity contribution in [2.45, 2.75) is 32.0 Å². The Kier molecular flexibility index (Phi) is 2.65. The highest BCUT2D eigenvalue weighted by molar-refractivity contribution is 5.34.